The molecule has 1 amide bonds. The van der Waals surface area contributed by atoms with E-state index >= 15 is 0 Å². The van der Waals surface area contributed by atoms with Crippen molar-refractivity contribution in [3.05, 3.63) is 59.1 Å². The van der Waals surface area contributed by atoms with Gasteiger partial charge in [0.1, 0.15) is 10.0 Å². The summed E-state index contributed by atoms with van der Waals surface area (Å²) in [6.07, 6.45) is 1.96. The van der Waals surface area contributed by atoms with Gasteiger partial charge in [0.05, 0.1) is 0 Å². The standard InChI is InChI=1S/C21H22N4OS/c1-14-23-24-20(27-14)19-7-3-2-6-18(19)15-8-10-16(11-9-15)21(26)25-12-4-5-17(22)13-25/h2-3,6-11,17H,4-5,12-13,22H2,1H3/t17-/m0/s1. The molecule has 1 aromatic heterocycles. The fourth-order valence-corrected chi connectivity index (χ4v) is 4.23. The Morgan fingerprint density at radius 3 is 2.52 bits per heavy atom. The molecule has 1 aliphatic heterocycles. The number of aromatic nitrogens is 2. The molecule has 0 unspecified atom stereocenters. The molecular formula is C21H22N4OS. The first-order chi connectivity index (χ1) is 13.1. The van der Waals surface area contributed by atoms with Gasteiger partial charge in [0.15, 0.2) is 0 Å². The topological polar surface area (TPSA) is 72.1 Å². The average molecular weight is 379 g/mol. The Kier molecular flexibility index (Phi) is 5.01. The number of likely N-dealkylation sites (tertiary alicyclic amines) is 1. The summed E-state index contributed by atoms with van der Waals surface area (Å²) in [7, 11) is 0. The van der Waals surface area contributed by atoms with E-state index in [2.05, 4.69) is 22.3 Å². The Labute approximate surface area is 162 Å². The fraction of sp³-hybridized carbons (Fsp3) is 0.286. The molecule has 6 heteroatoms. The molecule has 0 spiro atoms. The highest BCUT2D eigenvalue weighted by atomic mass is 32.1. The SMILES string of the molecule is Cc1nnc(-c2ccccc2-c2ccc(C(=O)N3CCC[C@H](N)C3)cc2)s1. The summed E-state index contributed by atoms with van der Waals surface area (Å²) in [5.41, 5.74) is 9.93. The Balaban J connectivity index is 1.61. The van der Waals surface area contributed by atoms with E-state index in [1.165, 1.54) is 0 Å². The van der Waals surface area contributed by atoms with E-state index in [9.17, 15) is 4.79 Å². The Hall–Kier alpha value is -2.57. The Morgan fingerprint density at radius 2 is 1.85 bits per heavy atom. The lowest BCUT2D eigenvalue weighted by molar-refractivity contribution is 0.0709. The molecule has 2 heterocycles. The van der Waals surface area contributed by atoms with Crippen molar-refractivity contribution in [3.63, 3.8) is 0 Å². The third-order valence-corrected chi connectivity index (χ3v) is 5.74. The summed E-state index contributed by atoms with van der Waals surface area (Å²) >= 11 is 1.58. The van der Waals surface area contributed by atoms with Gasteiger partial charge < -0.3 is 10.6 Å². The summed E-state index contributed by atoms with van der Waals surface area (Å²) in [6.45, 7) is 3.38. The fourth-order valence-electron chi connectivity index (χ4n) is 3.50. The maximum atomic E-state index is 12.7. The third-order valence-electron chi connectivity index (χ3n) is 4.87. The van der Waals surface area contributed by atoms with Crippen LogP contribution in [0.1, 0.15) is 28.2 Å². The quantitative estimate of drug-likeness (QED) is 0.753. The summed E-state index contributed by atoms with van der Waals surface area (Å²) in [5.74, 6) is 0.0599. The lowest BCUT2D eigenvalue weighted by Crippen LogP contribution is -2.45. The Morgan fingerprint density at radius 1 is 1.11 bits per heavy atom. The normalized spacial score (nSPS) is 17.1. The minimum atomic E-state index is 0.0599. The number of benzene rings is 2. The van der Waals surface area contributed by atoms with Crippen molar-refractivity contribution >= 4 is 17.2 Å². The molecule has 1 saturated heterocycles. The number of amides is 1. The number of hydrogen-bond acceptors (Lipinski definition) is 5. The van der Waals surface area contributed by atoms with Gasteiger partial charge in [0, 0.05) is 30.3 Å². The molecule has 27 heavy (non-hydrogen) atoms. The summed E-state index contributed by atoms with van der Waals surface area (Å²) < 4.78 is 0. The Bertz CT molecular complexity index is 951. The molecule has 3 aromatic rings. The van der Waals surface area contributed by atoms with Crippen LogP contribution < -0.4 is 5.73 Å². The first kappa shape index (κ1) is 17.8. The van der Waals surface area contributed by atoms with E-state index in [-0.39, 0.29) is 11.9 Å². The first-order valence-electron chi connectivity index (χ1n) is 9.16. The maximum absolute atomic E-state index is 12.7. The number of aryl methyl sites for hydroxylation is 1. The van der Waals surface area contributed by atoms with Gasteiger partial charge in [-0.05, 0) is 43.0 Å². The second kappa shape index (κ2) is 7.58. The molecule has 1 aliphatic rings. The minimum absolute atomic E-state index is 0.0599. The van der Waals surface area contributed by atoms with Crippen LogP contribution in [-0.2, 0) is 0 Å². The molecule has 4 rings (SSSR count). The van der Waals surface area contributed by atoms with Crippen LogP contribution >= 0.6 is 11.3 Å². The van der Waals surface area contributed by atoms with Crippen molar-refractivity contribution in [3.8, 4) is 21.7 Å². The molecular weight excluding hydrogens is 356 g/mol. The van der Waals surface area contributed by atoms with E-state index in [1.54, 1.807) is 11.3 Å². The van der Waals surface area contributed by atoms with E-state index in [1.807, 2.05) is 48.2 Å². The zero-order valence-corrected chi connectivity index (χ0v) is 16.1. The van der Waals surface area contributed by atoms with Gasteiger partial charge in [-0.1, -0.05) is 47.7 Å². The van der Waals surface area contributed by atoms with E-state index in [0.717, 1.165) is 46.1 Å². The van der Waals surface area contributed by atoms with Crippen LogP contribution in [0.25, 0.3) is 21.7 Å². The summed E-state index contributed by atoms with van der Waals surface area (Å²) in [6, 6.07) is 16.1. The van der Waals surface area contributed by atoms with Crippen molar-refractivity contribution in [2.24, 2.45) is 5.73 Å². The highest BCUT2D eigenvalue weighted by Gasteiger charge is 2.22. The zero-order valence-electron chi connectivity index (χ0n) is 15.3. The van der Waals surface area contributed by atoms with Crippen LogP contribution in [0, 0.1) is 6.92 Å². The van der Waals surface area contributed by atoms with Crippen molar-refractivity contribution in [2.45, 2.75) is 25.8 Å². The number of carbonyl (C=O) groups excluding carboxylic acids is 1. The molecule has 1 fully saturated rings. The van der Waals surface area contributed by atoms with Crippen LogP contribution in [0.3, 0.4) is 0 Å². The van der Waals surface area contributed by atoms with Crippen molar-refractivity contribution < 1.29 is 4.79 Å². The number of carbonyl (C=O) groups is 1. The number of nitrogens with two attached hydrogens (primary N) is 1. The van der Waals surface area contributed by atoms with E-state index in [0.29, 0.717) is 12.1 Å². The largest absolute Gasteiger partial charge is 0.337 e. The number of hydrogen-bond donors (Lipinski definition) is 1. The van der Waals surface area contributed by atoms with Crippen LogP contribution in [-0.4, -0.2) is 40.1 Å². The van der Waals surface area contributed by atoms with E-state index in [4.69, 9.17) is 5.73 Å². The van der Waals surface area contributed by atoms with Gasteiger partial charge in [-0.15, -0.1) is 10.2 Å². The summed E-state index contributed by atoms with van der Waals surface area (Å²) in [5, 5.41) is 10.3. The van der Waals surface area contributed by atoms with Gasteiger partial charge in [0.2, 0.25) is 0 Å². The second-order valence-corrected chi connectivity index (χ2v) is 8.08. The van der Waals surface area contributed by atoms with Gasteiger partial charge in [-0.25, -0.2) is 0 Å². The van der Waals surface area contributed by atoms with Crippen molar-refractivity contribution in [1.82, 2.24) is 15.1 Å². The molecule has 5 nitrogen and oxygen atoms in total. The highest BCUT2D eigenvalue weighted by molar-refractivity contribution is 7.14. The molecule has 0 radical (unpaired) electrons. The average Bonchev–Trinajstić information content (AvgIpc) is 3.14. The van der Waals surface area contributed by atoms with Crippen LogP contribution in [0.2, 0.25) is 0 Å². The first-order valence-corrected chi connectivity index (χ1v) is 9.98. The minimum Gasteiger partial charge on any atom is -0.337 e. The monoisotopic (exact) mass is 378 g/mol. The number of piperidine rings is 1. The van der Waals surface area contributed by atoms with Crippen LogP contribution in [0.15, 0.2) is 48.5 Å². The van der Waals surface area contributed by atoms with Crippen LogP contribution in [0.5, 0.6) is 0 Å². The van der Waals surface area contributed by atoms with E-state index < -0.39 is 0 Å². The predicted molar refractivity (Wildman–Crippen MR) is 109 cm³/mol. The second-order valence-electron chi connectivity index (χ2n) is 6.90. The predicted octanol–water partition coefficient (Wildman–Crippen LogP) is 3.74. The lowest BCUT2D eigenvalue weighted by atomic mass is 9.98. The third kappa shape index (κ3) is 3.77. The maximum Gasteiger partial charge on any atom is 0.253 e. The van der Waals surface area contributed by atoms with Crippen molar-refractivity contribution in [1.29, 1.82) is 0 Å². The molecule has 2 aromatic carbocycles. The molecule has 2 N–H and O–H groups in total. The number of rotatable bonds is 3. The molecule has 138 valence electrons. The zero-order chi connectivity index (χ0) is 18.8. The highest BCUT2D eigenvalue weighted by Crippen LogP contribution is 2.33. The van der Waals surface area contributed by atoms with Gasteiger partial charge >= 0.3 is 0 Å². The van der Waals surface area contributed by atoms with Crippen LogP contribution in [0.4, 0.5) is 0 Å². The molecule has 1 atom stereocenters. The number of nitrogens with zero attached hydrogens (tertiary/aromatic N) is 3. The van der Waals surface area contributed by atoms with Gasteiger partial charge in [-0.2, -0.15) is 0 Å². The van der Waals surface area contributed by atoms with Gasteiger partial charge in [0.25, 0.3) is 5.91 Å². The molecule has 0 aliphatic carbocycles. The van der Waals surface area contributed by atoms with Crippen molar-refractivity contribution in [2.75, 3.05) is 13.1 Å². The van der Waals surface area contributed by atoms with Gasteiger partial charge in [-0.3, -0.25) is 4.79 Å². The smallest absolute Gasteiger partial charge is 0.253 e. The lowest BCUT2D eigenvalue weighted by Gasteiger charge is -2.30. The summed E-state index contributed by atoms with van der Waals surface area (Å²) in [4.78, 5) is 14.6. The molecule has 0 saturated carbocycles. The molecule has 0 bridgehead atoms.